The normalized spacial score (nSPS) is 17.5. The maximum Gasteiger partial charge on any atom is 0.225 e. The van der Waals surface area contributed by atoms with Crippen molar-refractivity contribution in [3.05, 3.63) is 75.4 Å². The molecule has 3 aromatic rings. The molecule has 0 spiro atoms. The zero-order valence-corrected chi connectivity index (χ0v) is 18.2. The number of ether oxygens (including phenoxy) is 2. The predicted molar refractivity (Wildman–Crippen MR) is 120 cm³/mol. The molecule has 1 aromatic heterocycles. The second kappa shape index (κ2) is 8.35. The molecule has 0 saturated carbocycles. The number of amides is 1. The van der Waals surface area contributed by atoms with E-state index in [1.807, 2.05) is 18.2 Å². The predicted octanol–water partition coefficient (Wildman–Crippen LogP) is 5.83. The van der Waals surface area contributed by atoms with Crippen molar-refractivity contribution in [3.63, 3.8) is 0 Å². The van der Waals surface area contributed by atoms with Crippen molar-refractivity contribution in [2.75, 3.05) is 12.4 Å². The third kappa shape index (κ3) is 3.81. The molecule has 0 saturated heterocycles. The van der Waals surface area contributed by atoms with Crippen molar-refractivity contribution < 1.29 is 18.7 Å². The highest BCUT2D eigenvalue weighted by Gasteiger charge is 2.33. The molecule has 2 aromatic carbocycles. The van der Waals surface area contributed by atoms with Crippen molar-refractivity contribution in [2.45, 2.75) is 44.6 Å². The number of aryl methyl sites for hydroxylation is 1. The van der Waals surface area contributed by atoms with Crippen LogP contribution in [-0.2, 0) is 24.2 Å². The molecule has 2 aliphatic rings. The fourth-order valence-electron chi connectivity index (χ4n) is 4.59. The van der Waals surface area contributed by atoms with Gasteiger partial charge in [-0.2, -0.15) is 0 Å². The van der Waals surface area contributed by atoms with Crippen molar-refractivity contribution >= 4 is 22.2 Å². The van der Waals surface area contributed by atoms with Gasteiger partial charge in [-0.25, -0.2) is 4.39 Å². The highest BCUT2D eigenvalue weighted by atomic mass is 32.1. The van der Waals surface area contributed by atoms with Gasteiger partial charge in [0.1, 0.15) is 12.4 Å². The number of hydrogen-bond acceptors (Lipinski definition) is 4. The summed E-state index contributed by atoms with van der Waals surface area (Å²) in [5, 5.41) is 4.10. The van der Waals surface area contributed by atoms with Gasteiger partial charge in [0, 0.05) is 22.8 Å². The molecule has 4 nitrogen and oxygen atoms in total. The molecule has 0 unspecified atom stereocenters. The van der Waals surface area contributed by atoms with E-state index in [0.717, 1.165) is 23.4 Å². The van der Waals surface area contributed by atoms with Crippen LogP contribution >= 0.6 is 11.3 Å². The quantitative estimate of drug-likeness (QED) is 0.546. The second-order valence-corrected chi connectivity index (χ2v) is 9.15. The highest BCUT2D eigenvalue weighted by molar-refractivity contribution is 7.16. The van der Waals surface area contributed by atoms with E-state index in [0.29, 0.717) is 23.5 Å². The van der Waals surface area contributed by atoms with E-state index in [-0.39, 0.29) is 24.2 Å². The number of carbonyl (C=O) groups excluding carboxylic acids is 1. The third-order valence-electron chi connectivity index (χ3n) is 6.13. The molecule has 0 fully saturated rings. The number of anilines is 1. The Morgan fingerprint density at radius 2 is 1.97 bits per heavy atom. The molecule has 5 rings (SSSR count). The molecule has 1 N–H and O–H groups in total. The van der Waals surface area contributed by atoms with Crippen molar-refractivity contribution in [2.24, 2.45) is 0 Å². The van der Waals surface area contributed by atoms with E-state index in [9.17, 15) is 9.18 Å². The molecule has 1 aliphatic carbocycles. The van der Waals surface area contributed by atoms with E-state index in [1.54, 1.807) is 36.6 Å². The zero-order valence-electron chi connectivity index (χ0n) is 17.4. The van der Waals surface area contributed by atoms with Crippen molar-refractivity contribution in [1.82, 2.24) is 0 Å². The van der Waals surface area contributed by atoms with E-state index >= 15 is 0 Å². The average Bonchev–Trinajstić information content (AvgIpc) is 3.16. The van der Waals surface area contributed by atoms with Crippen molar-refractivity contribution in [3.8, 4) is 11.5 Å². The molecule has 1 aliphatic heterocycles. The lowest BCUT2D eigenvalue weighted by Gasteiger charge is -2.26. The number of carbonyl (C=O) groups is 1. The standard InChI is InChI=1S/C25H24FNO3S/c1-29-21-12-15(10-11-20(21)30-14-16-6-2-4-8-19(16)26)18-13-23(28)27-25-24(18)17-7-3-5-9-22(17)31-25/h2,4,6,8,10-12,18H,3,5,7,9,13-14H2,1H3,(H,27,28)/t18-/m0/s1. The van der Waals surface area contributed by atoms with E-state index in [4.69, 9.17) is 9.47 Å². The van der Waals surface area contributed by atoms with Gasteiger partial charge in [0.25, 0.3) is 0 Å². The SMILES string of the molecule is COc1cc([C@@H]2CC(=O)Nc3sc4c(c32)CCCC4)ccc1OCc1ccccc1F. The number of benzene rings is 2. The van der Waals surface area contributed by atoms with Crippen LogP contribution in [0.15, 0.2) is 42.5 Å². The van der Waals surface area contributed by atoms with Crippen LogP contribution in [0.5, 0.6) is 11.5 Å². The number of rotatable bonds is 5. The summed E-state index contributed by atoms with van der Waals surface area (Å²) in [6, 6.07) is 12.4. The minimum atomic E-state index is -0.291. The molecule has 31 heavy (non-hydrogen) atoms. The fourth-order valence-corrected chi connectivity index (χ4v) is 5.96. The summed E-state index contributed by atoms with van der Waals surface area (Å²) in [6.07, 6.45) is 5.01. The molecule has 1 amide bonds. The maximum absolute atomic E-state index is 13.9. The van der Waals surface area contributed by atoms with Crippen LogP contribution < -0.4 is 14.8 Å². The monoisotopic (exact) mass is 437 g/mol. The van der Waals surface area contributed by atoms with Crippen LogP contribution in [0, 0.1) is 5.82 Å². The largest absolute Gasteiger partial charge is 0.493 e. The highest BCUT2D eigenvalue weighted by Crippen LogP contribution is 2.48. The topological polar surface area (TPSA) is 47.6 Å². The van der Waals surface area contributed by atoms with Crippen molar-refractivity contribution in [1.29, 1.82) is 0 Å². The number of hydrogen-bond donors (Lipinski definition) is 1. The van der Waals surface area contributed by atoms with Crippen LogP contribution in [0.4, 0.5) is 9.39 Å². The number of halogens is 1. The fraction of sp³-hybridized carbons (Fsp3) is 0.320. The smallest absolute Gasteiger partial charge is 0.225 e. The lowest BCUT2D eigenvalue weighted by atomic mass is 9.82. The first kappa shape index (κ1) is 20.1. The van der Waals surface area contributed by atoms with Gasteiger partial charge in [-0.05, 0) is 60.6 Å². The first-order chi connectivity index (χ1) is 15.1. The Morgan fingerprint density at radius 3 is 2.81 bits per heavy atom. The van der Waals surface area contributed by atoms with E-state index < -0.39 is 0 Å². The molecular weight excluding hydrogens is 413 g/mol. The van der Waals surface area contributed by atoms with Gasteiger partial charge in [0.15, 0.2) is 11.5 Å². The summed E-state index contributed by atoms with van der Waals surface area (Å²) < 4.78 is 25.4. The Hall–Kier alpha value is -2.86. The van der Waals surface area contributed by atoms with Crippen LogP contribution in [0.3, 0.4) is 0 Å². The van der Waals surface area contributed by atoms with Gasteiger partial charge >= 0.3 is 0 Å². The summed E-state index contributed by atoms with van der Waals surface area (Å²) in [5.74, 6) is 0.917. The molecule has 0 bridgehead atoms. The van der Waals surface area contributed by atoms with Gasteiger partial charge in [0.2, 0.25) is 5.91 Å². The Bertz CT molecular complexity index is 1140. The maximum atomic E-state index is 13.9. The van der Waals surface area contributed by atoms with Gasteiger partial charge in [0.05, 0.1) is 12.1 Å². The third-order valence-corrected chi connectivity index (χ3v) is 7.36. The summed E-state index contributed by atoms with van der Waals surface area (Å²) in [7, 11) is 1.60. The molecule has 6 heteroatoms. The molecule has 160 valence electrons. The van der Waals surface area contributed by atoms with Crippen LogP contribution in [0.25, 0.3) is 0 Å². The minimum Gasteiger partial charge on any atom is -0.493 e. The lowest BCUT2D eigenvalue weighted by Crippen LogP contribution is -2.23. The van der Waals surface area contributed by atoms with Gasteiger partial charge in [-0.15, -0.1) is 11.3 Å². The summed E-state index contributed by atoms with van der Waals surface area (Å²) >= 11 is 1.74. The lowest BCUT2D eigenvalue weighted by molar-refractivity contribution is -0.116. The number of methoxy groups -OCH3 is 1. The molecule has 0 radical (unpaired) electrons. The van der Waals surface area contributed by atoms with Gasteiger partial charge in [-0.3, -0.25) is 4.79 Å². The summed E-state index contributed by atoms with van der Waals surface area (Å²) in [6.45, 7) is 0.121. The number of thiophene rings is 1. The first-order valence-electron chi connectivity index (χ1n) is 10.6. The van der Waals surface area contributed by atoms with E-state index in [1.165, 1.54) is 34.9 Å². The minimum absolute atomic E-state index is 0.0105. The second-order valence-electron chi connectivity index (χ2n) is 8.05. The Kier molecular flexibility index (Phi) is 5.40. The van der Waals surface area contributed by atoms with Crippen LogP contribution in [0.1, 0.15) is 52.3 Å². The van der Waals surface area contributed by atoms with Gasteiger partial charge in [-0.1, -0.05) is 24.3 Å². The zero-order chi connectivity index (χ0) is 21.4. The Balaban J connectivity index is 1.46. The number of nitrogens with one attached hydrogen (secondary N) is 1. The summed E-state index contributed by atoms with van der Waals surface area (Å²) in [5.41, 5.74) is 4.24. The molecular formula is C25H24FNO3S. The Morgan fingerprint density at radius 1 is 1.13 bits per heavy atom. The van der Waals surface area contributed by atoms with E-state index in [2.05, 4.69) is 5.32 Å². The Labute approximate surface area is 185 Å². The average molecular weight is 438 g/mol. The first-order valence-corrected chi connectivity index (χ1v) is 11.4. The van der Waals surface area contributed by atoms with Crippen LogP contribution in [0.2, 0.25) is 0 Å². The summed E-state index contributed by atoms with van der Waals surface area (Å²) in [4.78, 5) is 13.9. The van der Waals surface area contributed by atoms with Crippen LogP contribution in [-0.4, -0.2) is 13.0 Å². The molecule has 2 heterocycles. The van der Waals surface area contributed by atoms with Gasteiger partial charge < -0.3 is 14.8 Å². The molecule has 1 atom stereocenters. The number of fused-ring (bicyclic) bond motifs is 3.